The minimum absolute atomic E-state index is 0.0950. The summed E-state index contributed by atoms with van der Waals surface area (Å²) in [6, 6.07) is 7.77. The molecule has 1 aliphatic heterocycles. The van der Waals surface area contributed by atoms with Gasteiger partial charge in [-0.25, -0.2) is 0 Å². The van der Waals surface area contributed by atoms with Crippen LogP contribution in [0.4, 0.5) is 0 Å². The lowest BCUT2D eigenvalue weighted by molar-refractivity contribution is -0.148. The fraction of sp³-hybridized carbons (Fsp3) is 0.625. The highest BCUT2D eigenvalue weighted by Gasteiger charge is 2.42. The summed E-state index contributed by atoms with van der Waals surface area (Å²) in [4.78, 5) is 0. The Hall–Kier alpha value is -1.06. The third-order valence-electron chi connectivity index (χ3n) is 3.48. The van der Waals surface area contributed by atoms with E-state index in [-0.39, 0.29) is 11.7 Å². The van der Waals surface area contributed by atoms with Crippen molar-refractivity contribution in [3.8, 4) is 5.75 Å². The van der Waals surface area contributed by atoms with Crippen LogP contribution in [-0.2, 0) is 10.3 Å². The zero-order valence-electron chi connectivity index (χ0n) is 12.3. The first kappa shape index (κ1) is 14.4. The van der Waals surface area contributed by atoms with E-state index in [2.05, 4.69) is 0 Å². The summed E-state index contributed by atoms with van der Waals surface area (Å²) in [5.74, 6) is 0.776. The molecule has 0 amide bonds. The molecule has 0 bridgehead atoms. The molecule has 19 heavy (non-hydrogen) atoms. The molecule has 106 valence electrons. The van der Waals surface area contributed by atoms with Gasteiger partial charge in [0.25, 0.3) is 0 Å². The number of hydrogen-bond donors (Lipinski definition) is 1. The minimum atomic E-state index is -0.868. The van der Waals surface area contributed by atoms with E-state index in [1.807, 2.05) is 52.0 Å². The molecule has 3 nitrogen and oxygen atoms in total. The summed E-state index contributed by atoms with van der Waals surface area (Å²) in [5, 5.41) is 11.0. The molecular formula is C16H24O3. The van der Waals surface area contributed by atoms with Crippen molar-refractivity contribution in [3.05, 3.63) is 29.8 Å². The second-order valence-corrected chi connectivity index (χ2v) is 6.23. The summed E-state index contributed by atoms with van der Waals surface area (Å²) in [7, 11) is 0. The van der Waals surface area contributed by atoms with Crippen molar-refractivity contribution < 1.29 is 14.6 Å². The molecular weight excluding hydrogens is 240 g/mol. The lowest BCUT2D eigenvalue weighted by Gasteiger charge is -2.42. The molecule has 1 aromatic carbocycles. The van der Waals surface area contributed by atoms with Gasteiger partial charge in [0.15, 0.2) is 0 Å². The predicted octanol–water partition coefficient (Wildman–Crippen LogP) is 3.25. The molecule has 0 spiro atoms. The molecule has 3 heteroatoms. The van der Waals surface area contributed by atoms with Gasteiger partial charge in [0.05, 0.1) is 23.9 Å². The standard InChI is InChI=1S/C16H24O3/c1-12(2)19-14-8-6-5-7-13(14)16(17)9-10-18-15(3,4)11-16/h5-8,12,17H,9-11H2,1-4H3. The maximum Gasteiger partial charge on any atom is 0.125 e. The van der Waals surface area contributed by atoms with Crippen LogP contribution in [0.25, 0.3) is 0 Å². The Morgan fingerprint density at radius 3 is 2.58 bits per heavy atom. The van der Waals surface area contributed by atoms with E-state index < -0.39 is 5.60 Å². The van der Waals surface area contributed by atoms with Crippen LogP contribution in [0, 0.1) is 0 Å². The second kappa shape index (κ2) is 5.14. The molecule has 1 N–H and O–H groups in total. The molecule has 1 heterocycles. The van der Waals surface area contributed by atoms with Crippen LogP contribution < -0.4 is 4.74 Å². The molecule has 2 rings (SSSR count). The van der Waals surface area contributed by atoms with Crippen molar-refractivity contribution in [2.24, 2.45) is 0 Å². The van der Waals surface area contributed by atoms with E-state index in [1.54, 1.807) is 0 Å². The Balaban J connectivity index is 2.34. The maximum atomic E-state index is 11.0. The Bertz CT molecular complexity index is 439. The van der Waals surface area contributed by atoms with Crippen LogP contribution >= 0.6 is 0 Å². The Morgan fingerprint density at radius 2 is 1.95 bits per heavy atom. The van der Waals surface area contributed by atoms with Gasteiger partial charge < -0.3 is 14.6 Å². The third-order valence-corrected chi connectivity index (χ3v) is 3.48. The SMILES string of the molecule is CC(C)Oc1ccccc1C1(O)CCOC(C)(C)C1. The smallest absolute Gasteiger partial charge is 0.125 e. The average molecular weight is 264 g/mol. The topological polar surface area (TPSA) is 38.7 Å². The lowest BCUT2D eigenvalue weighted by atomic mass is 9.79. The molecule has 0 aromatic heterocycles. The van der Waals surface area contributed by atoms with Gasteiger partial charge in [-0.05, 0) is 33.8 Å². The second-order valence-electron chi connectivity index (χ2n) is 6.23. The fourth-order valence-electron chi connectivity index (χ4n) is 2.78. The van der Waals surface area contributed by atoms with Gasteiger partial charge in [0, 0.05) is 18.4 Å². The number of ether oxygens (including phenoxy) is 2. The Labute approximate surface area is 115 Å². The van der Waals surface area contributed by atoms with Crippen LogP contribution in [0.5, 0.6) is 5.75 Å². The number of rotatable bonds is 3. The number of para-hydroxylation sites is 1. The van der Waals surface area contributed by atoms with E-state index in [1.165, 1.54) is 0 Å². The molecule has 1 saturated heterocycles. The van der Waals surface area contributed by atoms with Crippen LogP contribution in [0.3, 0.4) is 0 Å². The molecule has 0 aliphatic carbocycles. The predicted molar refractivity (Wildman–Crippen MR) is 75.4 cm³/mol. The molecule has 1 fully saturated rings. The first-order valence-electron chi connectivity index (χ1n) is 6.95. The Kier molecular flexibility index (Phi) is 3.88. The van der Waals surface area contributed by atoms with Crippen LogP contribution in [0.2, 0.25) is 0 Å². The monoisotopic (exact) mass is 264 g/mol. The van der Waals surface area contributed by atoms with E-state index in [0.717, 1.165) is 11.3 Å². The lowest BCUT2D eigenvalue weighted by Crippen LogP contribution is -2.44. The van der Waals surface area contributed by atoms with Crippen LogP contribution in [-0.4, -0.2) is 23.4 Å². The zero-order valence-corrected chi connectivity index (χ0v) is 12.3. The van der Waals surface area contributed by atoms with E-state index in [4.69, 9.17) is 9.47 Å². The number of aliphatic hydroxyl groups is 1. The molecule has 1 unspecified atom stereocenters. The number of benzene rings is 1. The summed E-state index contributed by atoms with van der Waals surface area (Å²) in [5.41, 5.74) is -0.300. The first-order chi connectivity index (χ1) is 8.82. The highest BCUT2D eigenvalue weighted by Crippen LogP contribution is 2.42. The summed E-state index contributed by atoms with van der Waals surface area (Å²) in [6.07, 6.45) is 1.28. The van der Waals surface area contributed by atoms with Crippen molar-refractivity contribution in [1.82, 2.24) is 0 Å². The maximum absolute atomic E-state index is 11.0. The van der Waals surface area contributed by atoms with Gasteiger partial charge in [-0.15, -0.1) is 0 Å². The minimum Gasteiger partial charge on any atom is -0.491 e. The highest BCUT2D eigenvalue weighted by molar-refractivity contribution is 5.38. The summed E-state index contributed by atoms with van der Waals surface area (Å²) < 4.78 is 11.5. The largest absolute Gasteiger partial charge is 0.491 e. The molecule has 0 radical (unpaired) electrons. The van der Waals surface area contributed by atoms with Gasteiger partial charge in [0.2, 0.25) is 0 Å². The van der Waals surface area contributed by atoms with Gasteiger partial charge in [0.1, 0.15) is 5.75 Å². The van der Waals surface area contributed by atoms with Gasteiger partial charge in [-0.2, -0.15) is 0 Å². The highest BCUT2D eigenvalue weighted by atomic mass is 16.5. The molecule has 1 aromatic rings. The molecule has 0 saturated carbocycles. The van der Waals surface area contributed by atoms with Crippen molar-refractivity contribution in [2.75, 3.05) is 6.61 Å². The summed E-state index contributed by atoms with van der Waals surface area (Å²) in [6.45, 7) is 8.59. The number of hydrogen-bond acceptors (Lipinski definition) is 3. The third kappa shape index (κ3) is 3.28. The first-order valence-corrected chi connectivity index (χ1v) is 6.95. The summed E-state index contributed by atoms with van der Waals surface area (Å²) >= 11 is 0. The van der Waals surface area contributed by atoms with E-state index >= 15 is 0 Å². The van der Waals surface area contributed by atoms with Gasteiger partial charge in [-0.3, -0.25) is 0 Å². The van der Waals surface area contributed by atoms with Crippen LogP contribution in [0.1, 0.15) is 46.1 Å². The van der Waals surface area contributed by atoms with Gasteiger partial charge >= 0.3 is 0 Å². The van der Waals surface area contributed by atoms with Crippen molar-refractivity contribution >= 4 is 0 Å². The Morgan fingerprint density at radius 1 is 1.26 bits per heavy atom. The normalized spacial score (nSPS) is 26.4. The average Bonchev–Trinajstić information content (AvgIpc) is 2.26. The van der Waals surface area contributed by atoms with E-state index in [9.17, 15) is 5.11 Å². The van der Waals surface area contributed by atoms with Crippen molar-refractivity contribution in [1.29, 1.82) is 0 Å². The fourth-order valence-corrected chi connectivity index (χ4v) is 2.78. The van der Waals surface area contributed by atoms with Crippen LogP contribution in [0.15, 0.2) is 24.3 Å². The zero-order chi connectivity index (χ0) is 14.1. The van der Waals surface area contributed by atoms with E-state index in [0.29, 0.717) is 19.4 Å². The quantitative estimate of drug-likeness (QED) is 0.910. The molecule has 1 atom stereocenters. The molecule has 1 aliphatic rings. The van der Waals surface area contributed by atoms with Crippen molar-refractivity contribution in [2.45, 2.75) is 57.8 Å². The van der Waals surface area contributed by atoms with Gasteiger partial charge in [-0.1, -0.05) is 18.2 Å². The van der Waals surface area contributed by atoms with Crippen molar-refractivity contribution in [3.63, 3.8) is 0 Å².